The third kappa shape index (κ3) is 8.50. The number of nitrogens with one attached hydrogen (secondary N) is 2. The normalized spacial score (nSPS) is 15.5. The predicted molar refractivity (Wildman–Crippen MR) is 137 cm³/mol. The molecule has 16 heteroatoms. The first kappa shape index (κ1) is 29.0. The van der Waals surface area contributed by atoms with Gasteiger partial charge >= 0.3 is 12.4 Å². The standard InChI is InChI=1S/C23H24F6N6O2S2/c24-22(25,26)11-17-10-18-20(31-13-32-21(18)38-17)35-7-5-34(6-8-35)19(36)9-15-1-3-16(4-2-15)33-39(37)14-30-12-23(27,28)29/h1-4,10,13,30,33H,5-9,11-12,14H2. The van der Waals surface area contributed by atoms with E-state index in [1.807, 2.05) is 4.90 Å². The Balaban J connectivity index is 1.28. The summed E-state index contributed by atoms with van der Waals surface area (Å²) in [5, 5.41) is 2.62. The number of rotatable bonds is 9. The number of benzene rings is 1. The van der Waals surface area contributed by atoms with E-state index in [1.165, 1.54) is 12.4 Å². The third-order valence-corrected chi connectivity index (χ3v) is 7.74. The molecule has 0 saturated carbocycles. The average molecular weight is 595 g/mol. The van der Waals surface area contributed by atoms with Crippen molar-refractivity contribution in [3.63, 3.8) is 0 Å². The first-order valence-corrected chi connectivity index (χ1v) is 13.8. The van der Waals surface area contributed by atoms with Crippen molar-refractivity contribution in [1.82, 2.24) is 20.2 Å². The van der Waals surface area contributed by atoms with E-state index in [1.54, 1.807) is 29.2 Å². The number of carbonyl (C=O) groups excluding carboxylic acids is 1. The largest absolute Gasteiger partial charge is 0.401 e. The van der Waals surface area contributed by atoms with Crippen molar-refractivity contribution >= 4 is 50.0 Å². The molecule has 1 atom stereocenters. The van der Waals surface area contributed by atoms with Crippen molar-refractivity contribution < 1.29 is 35.3 Å². The Kier molecular flexibility index (Phi) is 8.96. The number of nitrogens with zero attached hydrogens (tertiary/aromatic N) is 4. The average Bonchev–Trinajstić information content (AvgIpc) is 3.25. The molecule has 8 nitrogen and oxygen atoms in total. The molecule has 212 valence electrons. The summed E-state index contributed by atoms with van der Waals surface area (Å²) >= 11 is 0.989. The Hall–Kier alpha value is -2.98. The van der Waals surface area contributed by atoms with Gasteiger partial charge in [-0.05, 0) is 23.8 Å². The van der Waals surface area contributed by atoms with Crippen molar-refractivity contribution in [3.8, 4) is 0 Å². The molecule has 1 saturated heterocycles. The highest BCUT2D eigenvalue weighted by atomic mass is 32.2. The minimum Gasteiger partial charge on any atom is -0.352 e. The molecule has 1 amide bonds. The van der Waals surface area contributed by atoms with Crippen LogP contribution in [0.5, 0.6) is 0 Å². The zero-order chi connectivity index (χ0) is 28.2. The summed E-state index contributed by atoms with van der Waals surface area (Å²) in [7, 11) is -1.76. The van der Waals surface area contributed by atoms with Gasteiger partial charge in [-0.1, -0.05) is 12.1 Å². The Morgan fingerprint density at radius 3 is 2.33 bits per heavy atom. The highest BCUT2D eigenvalue weighted by Gasteiger charge is 2.30. The Labute approximate surface area is 226 Å². The summed E-state index contributed by atoms with van der Waals surface area (Å²) in [5.41, 5.74) is 1.15. The number of carbonyl (C=O) groups is 1. The number of hydrogen-bond donors (Lipinski definition) is 2. The van der Waals surface area contributed by atoms with E-state index in [2.05, 4.69) is 20.0 Å². The smallest absolute Gasteiger partial charge is 0.352 e. The van der Waals surface area contributed by atoms with Gasteiger partial charge in [0.15, 0.2) is 0 Å². The van der Waals surface area contributed by atoms with Crippen LogP contribution in [0.15, 0.2) is 36.7 Å². The maximum absolute atomic E-state index is 12.8. The molecule has 2 N–H and O–H groups in total. The van der Waals surface area contributed by atoms with Crippen LogP contribution in [0.1, 0.15) is 10.4 Å². The Morgan fingerprint density at radius 2 is 1.69 bits per heavy atom. The van der Waals surface area contributed by atoms with Gasteiger partial charge in [0, 0.05) is 36.7 Å². The Morgan fingerprint density at radius 1 is 1.00 bits per heavy atom. The molecule has 1 aromatic carbocycles. The molecule has 3 heterocycles. The number of alkyl halides is 6. The second-order valence-corrected chi connectivity index (χ2v) is 11.1. The number of fused-ring (bicyclic) bond motifs is 1. The van der Waals surface area contributed by atoms with E-state index >= 15 is 0 Å². The molecule has 0 aliphatic carbocycles. The molecule has 1 unspecified atom stereocenters. The summed E-state index contributed by atoms with van der Waals surface area (Å²) in [6.45, 7) is 0.496. The lowest BCUT2D eigenvalue weighted by atomic mass is 10.1. The monoisotopic (exact) mass is 594 g/mol. The van der Waals surface area contributed by atoms with Crippen molar-refractivity contribution in [3.05, 3.63) is 47.1 Å². The van der Waals surface area contributed by atoms with Crippen LogP contribution < -0.4 is 14.9 Å². The molecular weight excluding hydrogens is 570 g/mol. The fraction of sp³-hybridized carbons (Fsp3) is 0.435. The van der Waals surface area contributed by atoms with Gasteiger partial charge in [-0.2, -0.15) is 26.3 Å². The summed E-state index contributed by atoms with van der Waals surface area (Å²) in [5.74, 6) is 0.0601. The number of halogens is 6. The van der Waals surface area contributed by atoms with Gasteiger partial charge in [0.05, 0.1) is 30.6 Å². The molecule has 1 fully saturated rings. The highest BCUT2D eigenvalue weighted by molar-refractivity contribution is 7.86. The summed E-state index contributed by atoms with van der Waals surface area (Å²) in [6, 6.07) is 8.01. The van der Waals surface area contributed by atoms with Crippen LogP contribution in [-0.2, 0) is 28.6 Å². The third-order valence-electron chi connectivity index (χ3n) is 5.77. The maximum atomic E-state index is 12.8. The van der Waals surface area contributed by atoms with Crippen LogP contribution >= 0.6 is 11.3 Å². The molecule has 1 aliphatic heterocycles. The molecular formula is C23H24F6N6O2S2. The van der Waals surface area contributed by atoms with E-state index in [-0.39, 0.29) is 23.1 Å². The van der Waals surface area contributed by atoms with E-state index in [0.717, 1.165) is 11.3 Å². The number of piperazine rings is 1. The molecule has 1 aliphatic rings. The van der Waals surface area contributed by atoms with E-state index in [9.17, 15) is 35.3 Å². The quantitative estimate of drug-likeness (QED) is 0.366. The van der Waals surface area contributed by atoms with E-state index < -0.39 is 36.3 Å². The van der Waals surface area contributed by atoms with Crippen LogP contribution in [0.2, 0.25) is 0 Å². The lowest BCUT2D eigenvalue weighted by Crippen LogP contribution is -2.49. The maximum Gasteiger partial charge on any atom is 0.401 e. The number of amides is 1. The second-order valence-electron chi connectivity index (χ2n) is 8.80. The van der Waals surface area contributed by atoms with Gasteiger partial charge in [0.25, 0.3) is 0 Å². The van der Waals surface area contributed by atoms with Crippen molar-refractivity contribution in [2.45, 2.75) is 25.2 Å². The summed E-state index contributed by atoms with van der Waals surface area (Å²) in [4.78, 5) is 25.5. The van der Waals surface area contributed by atoms with Crippen molar-refractivity contribution in [2.75, 3.05) is 48.2 Å². The first-order chi connectivity index (χ1) is 18.4. The SMILES string of the molecule is O=C(Cc1ccc(NS(=O)CNCC(F)(F)F)cc1)N1CCN(c2ncnc3sc(CC(F)(F)F)cc23)CC1. The Bertz CT molecular complexity index is 1310. The fourth-order valence-corrected chi connectivity index (χ4v) is 5.81. The fourth-order valence-electron chi connectivity index (χ4n) is 4.03. The van der Waals surface area contributed by atoms with Gasteiger partial charge in [-0.15, -0.1) is 11.3 Å². The molecule has 0 spiro atoms. The van der Waals surface area contributed by atoms with E-state index in [4.69, 9.17) is 0 Å². The molecule has 4 rings (SSSR count). The number of aromatic nitrogens is 2. The predicted octanol–water partition coefficient (Wildman–Crippen LogP) is 3.87. The highest BCUT2D eigenvalue weighted by Crippen LogP contribution is 2.34. The number of anilines is 2. The topological polar surface area (TPSA) is 90.5 Å². The van der Waals surface area contributed by atoms with Crippen LogP contribution in [0.3, 0.4) is 0 Å². The minimum absolute atomic E-state index is 0.105. The van der Waals surface area contributed by atoms with Gasteiger partial charge in [-0.3, -0.25) is 10.1 Å². The molecule has 0 radical (unpaired) electrons. The van der Waals surface area contributed by atoms with Gasteiger partial charge < -0.3 is 14.5 Å². The number of hydrogen-bond acceptors (Lipinski definition) is 7. The van der Waals surface area contributed by atoms with Crippen molar-refractivity contribution in [2.24, 2.45) is 0 Å². The first-order valence-electron chi connectivity index (χ1n) is 11.7. The molecule has 2 aromatic heterocycles. The molecule has 0 bridgehead atoms. The van der Waals surface area contributed by atoms with Gasteiger partial charge in [-0.25, -0.2) is 14.2 Å². The van der Waals surface area contributed by atoms with Gasteiger partial charge in [0.1, 0.15) is 28.0 Å². The van der Waals surface area contributed by atoms with Gasteiger partial charge in [0.2, 0.25) is 5.91 Å². The van der Waals surface area contributed by atoms with E-state index in [0.29, 0.717) is 53.5 Å². The lowest BCUT2D eigenvalue weighted by Gasteiger charge is -2.35. The summed E-state index contributed by atoms with van der Waals surface area (Å²) < 4.78 is 89.4. The van der Waals surface area contributed by atoms with Crippen LogP contribution in [0, 0.1) is 0 Å². The zero-order valence-corrected chi connectivity index (χ0v) is 21.9. The second kappa shape index (κ2) is 12.0. The van der Waals surface area contributed by atoms with Crippen LogP contribution in [-0.4, -0.2) is 75.9 Å². The number of thiophene rings is 1. The zero-order valence-electron chi connectivity index (χ0n) is 20.3. The van der Waals surface area contributed by atoms with Crippen LogP contribution in [0.4, 0.5) is 37.8 Å². The van der Waals surface area contributed by atoms with Crippen molar-refractivity contribution in [1.29, 1.82) is 0 Å². The molecule has 39 heavy (non-hydrogen) atoms. The summed E-state index contributed by atoms with van der Waals surface area (Å²) in [6.07, 6.45) is -8.27. The van der Waals surface area contributed by atoms with Crippen LogP contribution in [0.25, 0.3) is 10.2 Å². The lowest BCUT2D eigenvalue weighted by molar-refractivity contribution is -0.131. The molecule has 3 aromatic rings. The minimum atomic E-state index is -4.39.